The van der Waals surface area contributed by atoms with E-state index in [9.17, 15) is 0 Å². The van der Waals surface area contributed by atoms with Gasteiger partial charge in [0, 0.05) is 29.2 Å². The summed E-state index contributed by atoms with van der Waals surface area (Å²) in [7, 11) is 1.86. The predicted octanol–water partition coefficient (Wildman–Crippen LogP) is 4.46. The average molecular weight is 335 g/mol. The highest BCUT2D eigenvalue weighted by Crippen LogP contribution is 2.24. The van der Waals surface area contributed by atoms with Crippen molar-refractivity contribution in [2.45, 2.75) is 26.7 Å². The molecule has 0 amide bonds. The predicted molar refractivity (Wildman–Crippen MR) is 87.8 cm³/mol. The van der Waals surface area contributed by atoms with E-state index in [2.05, 4.69) is 63.4 Å². The number of hydrogen-bond donors (Lipinski definition) is 2. The molecule has 0 bridgehead atoms. The molecule has 1 aromatic carbocycles. The summed E-state index contributed by atoms with van der Waals surface area (Å²) < 4.78 is 1.08. The molecule has 106 valence electrons. The molecule has 5 heteroatoms. The lowest BCUT2D eigenvalue weighted by atomic mass is 10.2. The van der Waals surface area contributed by atoms with Crippen molar-refractivity contribution in [3.05, 3.63) is 40.1 Å². The summed E-state index contributed by atoms with van der Waals surface area (Å²) in [5.74, 6) is 2.72. The van der Waals surface area contributed by atoms with Crippen LogP contribution in [-0.4, -0.2) is 17.0 Å². The van der Waals surface area contributed by atoms with Crippen LogP contribution in [0.25, 0.3) is 0 Å². The van der Waals surface area contributed by atoms with Gasteiger partial charge in [0.15, 0.2) is 0 Å². The van der Waals surface area contributed by atoms with Crippen LogP contribution in [0.1, 0.15) is 31.2 Å². The summed E-state index contributed by atoms with van der Waals surface area (Å²) in [6.45, 7) is 6.23. The van der Waals surface area contributed by atoms with E-state index < -0.39 is 0 Å². The molecule has 20 heavy (non-hydrogen) atoms. The Balaban J connectivity index is 2.32. The summed E-state index contributed by atoms with van der Waals surface area (Å²) in [6, 6.07) is 8.05. The Labute approximate surface area is 128 Å². The van der Waals surface area contributed by atoms with E-state index in [0.29, 0.717) is 0 Å². The number of rotatable bonds is 4. The van der Waals surface area contributed by atoms with E-state index in [0.717, 1.165) is 27.6 Å². The molecule has 1 aromatic heterocycles. The molecule has 2 aromatic rings. The zero-order valence-electron chi connectivity index (χ0n) is 12.2. The Morgan fingerprint density at radius 2 is 1.80 bits per heavy atom. The van der Waals surface area contributed by atoms with Crippen molar-refractivity contribution in [2.24, 2.45) is 0 Å². The summed E-state index contributed by atoms with van der Waals surface area (Å²) in [5, 5.41) is 6.39. The first-order chi connectivity index (χ1) is 9.49. The van der Waals surface area contributed by atoms with E-state index in [-0.39, 0.29) is 5.92 Å². The fourth-order valence-electron chi connectivity index (χ4n) is 1.73. The first-order valence-electron chi connectivity index (χ1n) is 6.59. The van der Waals surface area contributed by atoms with Gasteiger partial charge in [-0.1, -0.05) is 35.8 Å². The molecular formula is C15H19BrN4. The second-order valence-corrected chi connectivity index (χ2v) is 5.84. The second kappa shape index (κ2) is 6.22. The Bertz CT molecular complexity index is 611. The minimum Gasteiger partial charge on any atom is -0.373 e. The summed E-state index contributed by atoms with van der Waals surface area (Å²) in [6.07, 6.45) is 0. The molecule has 0 atom stereocenters. The molecule has 0 radical (unpaired) electrons. The maximum atomic E-state index is 4.55. The SMILES string of the molecule is CNc1cc(Nc2ccc(C)c(Br)c2)nc(C(C)C)n1. The Hall–Kier alpha value is -1.62. The quantitative estimate of drug-likeness (QED) is 0.866. The van der Waals surface area contributed by atoms with Crippen LogP contribution in [-0.2, 0) is 0 Å². The van der Waals surface area contributed by atoms with Gasteiger partial charge in [0.2, 0.25) is 0 Å². The molecule has 4 nitrogen and oxygen atoms in total. The van der Waals surface area contributed by atoms with Gasteiger partial charge in [0.05, 0.1) is 0 Å². The number of halogens is 1. The van der Waals surface area contributed by atoms with E-state index in [1.165, 1.54) is 5.56 Å². The number of hydrogen-bond acceptors (Lipinski definition) is 4. The zero-order valence-corrected chi connectivity index (χ0v) is 13.7. The molecule has 2 N–H and O–H groups in total. The molecule has 0 spiro atoms. The Morgan fingerprint density at radius 1 is 1.10 bits per heavy atom. The molecule has 0 unspecified atom stereocenters. The van der Waals surface area contributed by atoms with Crippen LogP contribution in [0.5, 0.6) is 0 Å². The lowest BCUT2D eigenvalue weighted by molar-refractivity contribution is 0.778. The van der Waals surface area contributed by atoms with Gasteiger partial charge in [0.1, 0.15) is 17.5 Å². The number of anilines is 3. The number of nitrogens with zero attached hydrogens (tertiary/aromatic N) is 2. The third-order valence-corrected chi connectivity index (χ3v) is 3.81. The molecule has 2 rings (SSSR count). The maximum Gasteiger partial charge on any atom is 0.136 e. The van der Waals surface area contributed by atoms with Crippen molar-refractivity contribution in [3.63, 3.8) is 0 Å². The van der Waals surface area contributed by atoms with Gasteiger partial charge >= 0.3 is 0 Å². The van der Waals surface area contributed by atoms with Crippen molar-refractivity contribution >= 4 is 33.3 Å². The molecule has 0 aliphatic rings. The van der Waals surface area contributed by atoms with Crippen LogP contribution >= 0.6 is 15.9 Å². The monoisotopic (exact) mass is 334 g/mol. The average Bonchev–Trinajstić information content (AvgIpc) is 2.42. The van der Waals surface area contributed by atoms with Crippen LogP contribution in [0.2, 0.25) is 0 Å². The Morgan fingerprint density at radius 3 is 2.40 bits per heavy atom. The largest absolute Gasteiger partial charge is 0.373 e. The molecule has 0 saturated carbocycles. The molecule has 0 aliphatic heterocycles. The standard InChI is InChI=1S/C15H19BrN4/c1-9(2)15-19-13(17-4)8-14(20-15)18-11-6-5-10(3)12(16)7-11/h5-9H,1-4H3,(H2,17,18,19,20). The van der Waals surface area contributed by atoms with Crippen molar-refractivity contribution in [3.8, 4) is 0 Å². The van der Waals surface area contributed by atoms with E-state index >= 15 is 0 Å². The van der Waals surface area contributed by atoms with Crippen molar-refractivity contribution in [1.29, 1.82) is 0 Å². The molecule has 0 saturated heterocycles. The highest BCUT2D eigenvalue weighted by atomic mass is 79.9. The van der Waals surface area contributed by atoms with E-state index in [1.807, 2.05) is 25.2 Å². The van der Waals surface area contributed by atoms with Crippen LogP contribution in [0.3, 0.4) is 0 Å². The molecule has 1 heterocycles. The smallest absolute Gasteiger partial charge is 0.136 e. The number of aryl methyl sites for hydroxylation is 1. The highest BCUT2D eigenvalue weighted by molar-refractivity contribution is 9.10. The molecule has 0 aliphatic carbocycles. The van der Waals surface area contributed by atoms with Crippen molar-refractivity contribution < 1.29 is 0 Å². The van der Waals surface area contributed by atoms with Gasteiger partial charge in [0.25, 0.3) is 0 Å². The number of aromatic nitrogens is 2. The third kappa shape index (κ3) is 3.48. The van der Waals surface area contributed by atoms with Gasteiger partial charge in [-0.2, -0.15) is 0 Å². The second-order valence-electron chi connectivity index (χ2n) is 4.99. The van der Waals surface area contributed by atoms with Gasteiger partial charge < -0.3 is 10.6 Å². The zero-order chi connectivity index (χ0) is 14.7. The van der Waals surface area contributed by atoms with E-state index in [4.69, 9.17) is 0 Å². The fraction of sp³-hybridized carbons (Fsp3) is 0.333. The first-order valence-corrected chi connectivity index (χ1v) is 7.39. The first kappa shape index (κ1) is 14.8. The highest BCUT2D eigenvalue weighted by Gasteiger charge is 2.08. The maximum absolute atomic E-state index is 4.55. The number of benzene rings is 1. The lowest BCUT2D eigenvalue weighted by Gasteiger charge is -2.12. The van der Waals surface area contributed by atoms with Gasteiger partial charge in [-0.3, -0.25) is 0 Å². The third-order valence-electron chi connectivity index (χ3n) is 2.96. The fourth-order valence-corrected chi connectivity index (χ4v) is 2.11. The number of nitrogens with one attached hydrogen (secondary N) is 2. The van der Waals surface area contributed by atoms with Gasteiger partial charge in [-0.05, 0) is 24.6 Å². The minimum absolute atomic E-state index is 0.286. The van der Waals surface area contributed by atoms with Gasteiger partial charge in [-0.15, -0.1) is 0 Å². The molecular weight excluding hydrogens is 316 g/mol. The van der Waals surface area contributed by atoms with Crippen LogP contribution in [0.15, 0.2) is 28.7 Å². The normalized spacial score (nSPS) is 10.7. The van der Waals surface area contributed by atoms with Crippen molar-refractivity contribution in [1.82, 2.24) is 9.97 Å². The Kier molecular flexibility index (Phi) is 4.60. The van der Waals surface area contributed by atoms with Crippen LogP contribution in [0, 0.1) is 6.92 Å². The van der Waals surface area contributed by atoms with Gasteiger partial charge in [-0.25, -0.2) is 9.97 Å². The summed E-state index contributed by atoms with van der Waals surface area (Å²) in [4.78, 5) is 9.00. The topological polar surface area (TPSA) is 49.8 Å². The minimum atomic E-state index is 0.286. The van der Waals surface area contributed by atoms with Crippen LogP contribution < -0.4 is 10.6 Å². The van der Waals surface area contributed by atoms with E-state index in [1.54, 1.807) is 0 Å². The molecule has 0 fully saturated rings. The lowest BCUT2D eigenvalue weighted by Crippen LogP contribution is -2.05. The van der Waals surface area contributed by atoms with Crippen LogP contribution in [0.4, 0.5) is 17.3 Å². The summed E-state index contributed by atoms with van der Waals surface area (Å²) >= 11 is 3.54. The van der Waals surface area contributed by atoms with Crippen molar-refractivity contribution in [2.75, 3.05) is 17.7 Å². The summed E-state index contributed by atoms with van der Waals surface area (Å²) in [5.41, 5.74) is 2.20.